The van der Waals surface area contributed by atoms with Gasteiger partial charge in [-0.1, -0.05) is 12.1 Å². The summed E-state index contributed by atoms with van der Waals surface area (Å²) in [6.07, 6.45) is 3.95. The third-order valence-corrected chi connectivity index (χ3v) is 6.07. The number of amides is 1. The number of ether oxygens (including phenoxy) is 1. The van der Waals surface area contributed by atoms with Gasteiger partial charge in [0.25, 0.3) is 0 Å². The molecule has 1 aromatic heterocycles. The maximum Gasteiger partial charge on any atom is 0.225 e. The van der Waals surface area contributed by atoms with E-state index in [2.05, 4.69) is 45.2 Å². The van der Waals surface area contributed by atoms with Crippen LogP contribution in [0.3, 0.4) is 0 Å². The Bertz CT molecular complexity index is 908. The van der Waals surface area contributed by atoms with Crippen LogP contribution in [-0.2, 0) is 17.6 Å². The van der Waals surface area contributed by atoms with Crippen LogP contribution in [0, 0.1) is 0 Å². The van der Waals surface area contributed by atoms with Gasteiger partial charge in [0.05, 0.1) is 24.2 Å². The van der Waals surface area contributed by atoms with Gasteiger partial charge in [-0.25, -0.2) is 9.97 Å². The zero-order valence-corrected chi connectivity index (χ0v) is 16.1. The smallest absolute Gasteiger partial charge is 0.225 e. The second-order valence-electron chi connectivity index (χ2n) is 7.74. The summed E-state index contributed by atoms with van der Waals surface area (Å²) >= 11 is 0. The van der Waals surface area contributed by atoms with Gasteiger partial charge in [-0.3, -0.25) is 9.69 Å². The van der Waals surface area contributed by atoms with Gasteiger partial charge >= 0.3 is 0 Å². The van der Waals surface area contributed by atoms with Crippen molar-refractivity contribution in [3.05, 3.63) is 41.2 Å². The minimum Gasteiger partial charge on any atom is -0.493 e. The molecule has 4 heterocycles. The number of nitrogens with one attached hydrogen (secondary N) is 1. The molecule has 28 heavy (non-hydrogen) atoms. The molecule has 0 radical (unpaired) electrons. The summed E-state index contributed by atoms with van der Waals surface area (Å²) in [6.45, 7) is 6.81. The van der Waals surface area contributed by atoms with E-state index in [4.69, 9.17) is 9.72 Å². The van der Waals surface area contributed by atoms with E-state index in [9.17, 15) is 4.79 Å². The topological polar surface area (TPSA) is 70.6 Å². The monoisotopic (exact) mass is 379 g/mol. The lowest BCUT2D eigenvalue weighted by atomic mass is 10.0. The number of carbonyl (C=O) groups is 1. The second-order valence-corrected chi connectivity index (χ2v) is 7.74. The van der Waals surface area contributed by atoms with Gasteiger partial charge in [0.2, 0.25) is 11.9 Å². The van der Waals surface area contributed by atoms with E-state index < -0.39 is 0 Å². The first kappa shape index (κ1) is 17.4. The largest absolute Gasteiger partial charge is 0.493 e. The Morgan fingerprint density at radius 2 is 2.00 bits per heavy atom. The molecule has 1 aromatic carbocycles. The highest BCUT2D eigenvalue weighted by Crippen LogP contribution is 2.31. The maximum absolute atomic E-state index is 11.5. The Hall–Kier alpha value is -2.67. The number of aromatic nitrogens is 2. The van der Waals surface area contributed by atoms with Gasteiger partial charge in [-0.15, -0.1) is 0 Å². The highest BCUT2D eigenvalue weighted by Gasteiger charge is 2.26. The van der Waals surface area contributed by atoms with Crippen LogP contribution in [0.4, 0.5) is 11.6 Å². The predicted molar refractivity (Wildman–Crippen MR) is 107 cm³/mol. The first-order chi connectivity index (χ1) is 13.7. The van der Waals surface area contributed by atoms with Crippen LogP contribution in [-0.4, -0.2) is 53.6 Å². The minimum atomic E-state index is 0.0448. The number of carbonyl (C=O) groups excluding carboxylic acids is 1. The molecule has 1 N–H and O–H groups in total. The van der Waals surface area contributed by atoms with Crippen molar-refractivity contribution in [2.45, 2.75) is 32.2 Å². The number of hydrogen-bond acceptors (Lipinski definition) is 6. The number of hydrogen-bond donors (Lipinski definition) is 1. The highest BCUT2D eigenvalue weighted by molar-refractivity contribution is 5.93. The van der Waals surface area contributed by atoms with E-state index in [0.717, 1.165) is 62.3 Å². The van der Waals surface area contributed by atoms with Crippen LogP contribution in [0.25, 0.3) is 0 Å². The Labute approximate surface area is 164 Å². The molecule has 5 rings (SSSR count). The van der Waals surface area contributed by atoms with Crippen LogP contribution in [0.5, 0.6) is 5.75 Å². The summed E-state index contributed by atoms with van der Waals surface area (Å²) in [4.78, 5) is 25.4. The van der Waals surface area contributed by atoms with Gasteiger partial charge < -0.3 is 15.0 Å². The second kappa shape index (κ2) is 7.05. The Balaban J connectivity index is 1.24. The van der Waals surface area contributed by atoms with Gasteiger partial charge in [0.15, 0.2) is 0 Å². The molecule has 146 valence electrons. The van der Waals surface area contributed by atoms with Crippen molar-refractivity contribution in [1.29, 1.82) is 0 Å². The van der Waals surface area contributed by atoms with Crippen molar-refractivity contribution in [3.63, 3.8) is 0 Å². The fourth-order valence-electron chi connectivity index (χ4n) is 4.26. The molecule has 3 aliphatic rings. The first-order valence-corrected chi connectivity index (χ1v) is 10.1. The van der Waals surface area contributed by atoms with Crippen LogP contribution in [0.1, 0.15) is 36.2 Å². The lowest BCUT2D eigenvalue weighted by Gasteiger charge is -2.38. The normalized spacial score (nSPS) is 20.2. The predicted octanol–water partition coefficient (Wildman–Crippen LogP) is 2.18. The number of anilines is 2. The molecule has 3 aliphatic heterocycles. The molecule has 7 heteroatoms. The molecule has 7 nitrogen and oxygen atoms in total. The maximum atomic E-state index is 11.5. The van der Waals surface area contributed by atoms with E-state index in [-0.39, 0.29) is 5.91 Å². The zero-order valence-electron chi connectivity index (χ0n) is 16.1. The SMILES string of the molecule is CC(c1ccc2c(c1)OCC2)N1CCN(c2ncc3c(n2)CCC(=O)N3)CC1. The first-order valence-electron chi connectivity index (χ1n) is 10.1. The molecule has 0 bridgehead atoms. The number of nitrogens with zero attached hydrogens (tertiary/aromatic N) is 4. The fourth-order valence-corrected chi connectivity index (χ4v) is 4.26. The van der Waals surface area contributed by atoms with Gasteiger partial charge in [-0.2, -0.15) is 0 Å². The van der Waals surface area contributed by atoms with Gasteiger partial charge in [-0.05, 0) is 24.1 Å². The number of benzene rings is 1. The third kappa shape index (κ3) is 3.20. The van der Waals surface area contributed by atoms with Crippen molar-refractivity contribution >= 4 is 17.5 Å². The van der Waals surface area contributed by atoms with Crippen molar-refractivity contribution < 1.29 is 9.53 Å². The molecule has 0 saturated carbocycles. The fraction of sp³-hybridized carbons (Fsp3) is 0.476. The summed E-state index contributed by atoms with van der Waals surface area (Å²) < 4.78 is 5.73. The minimum absolute atomic E-state index is 0.0448. The number of fused-ring (bicyclic) bond motifs is 2. The van der Waals surface area contributed by atoms with Crippen molar-refractivity contribution in [2.75, 3.05) is 43.0 Å². The average Bonchev–Trinajstić information content (AvgIpc) is 3.21. The van der Waals surface area contributed by atoms with Crippen LogP contribution in [0.15, 0.2) is 24.4 Å². The van der Waals surface area contributed by atoms with Crippen molar-refractivity contribution in [3.8, 4) is 5.75 Å². The van der Waals surface area contributed by atoms with Crippen molar-refractivity contribution in [1.82, 2.24) is 14.9 Å². The van der Waals surface area contributed by atoms with Crippen molar-refractivity contribution in [2.24, 2.45) is 0 Å². The summed E-state index contributed by atoms with van der Waals surface area (Å²) in [5.74, 6) is 1.87. The molecule has 0 aliphatic carbocycles. The van der Waals surface area contributed by atoms with E-state index >= 15 is 0 Å². The lowest BCUT2D eigenvalue weighted by molar-refractivity contribution is -0.116. The Morgan fingerprint density at radius 3 is 2.86 bits per heavy atom. The molecule has 1 amide bonds. The number of rotatable bonds is 3. The average molecular weight is 379 g/mol. The summed E-state index contributed by atoms with van der Waals surface area (Å²) in [7, 11) is 0. The van der Waals surface area contributed by atoms with E-state index in [0.29, 0.717) is 18.9 Å². The van der Waals surface area contributed by atoms with E-state index in [1.54, 1.807) is 6.20 Å². The quantitative estimate of drug-likeness (QED) is 0.882. The molecule has 2 aromatic rings. The van der Waals surface area contributed by atoms with Crippen LogP contribution < -0.4 is 15.0 Å². The Kier molecular flexibility index (Phi) is 4.39. The van der Waals surface area contributed by atoms with Gasteiger partial charge in [0, 0.05) is 51.5 Å². The molecule has 1 atom stereocenters. The van der Waals surface area contributed by atoms with E-state index in [1.165, 1.54) is 11.1 Å². The Morgan fingerprint density at radius 1 is 1.14 bits per heavy atom. The number of aryl methyl sites for hydroxylation is 1. The molecule has 1 unspecified atom stereocenters. The zero-order chi connectivity index (χ0) is 19.1. The molecule has 1 saturated heterocycles. The third-order valence-electron chi connectivity index (χ3n) is 6.07. The number of piperazine rings is 1. The highest BCUT2D eigenvalue weighted by atomic mass is 16.5. The summed E-state index contributed by atoms with van der Waals surface area (Å²) in [5, 5.41) is 2.85. The lowest BCUT2D eigenvalue weighted by Crippen LogP contribution is -2.47. The van der Waals surface area contributed by atoms with E-state index in [1.807, 2.05) is 0 Å². The van der Waals surface area contributed by atoms with Gasteiger partial charge in [0.1, 0.15) is 5.75 Å². The summed E-state index contributed by atoms with van der Waals surface area (Å²) in [6, 6.07) is 7.02. The summed E-state index contributed by atoms with van der Waals surface area (Å²) in [5.41, 5.74) is 4.33. The van der Waals surface area contributed by atoms with Crippen LogP contribution >= 0.6 is 0 Å². The molecular weight excluding hydrogens is 354 g/mol. The molecule has 1 fully saturated rings. The standard InChI is InChI=1S/C21H25N5O2/c1-14(16-3-2-15-6-11-28-19(15)12-16)25-7-9-26(10-8-25)21-22-13-18-17(24-21)4-5-20(27)23-18/h2-3,12-14H,4-11H2,1H3,(H,23,27). The van der Waals surface area contributed by atoms with Crippen LogP contribution in [0.2, 0.25) is 0 Å². The molecular formula is C21H25N5O2. The molecule has 0 spiro atoms.